The lowest BCUT2D eigenvalue weighted by Crippen LogP contribution is -2.45. The number of fused-ring (bicyclic) bond motifs is 1. The molecule has 1 unspecified atom stereocenters. The lowest BCUT2D eigenvalue weighted by molar-refractivity contribution is -0.137. The summed E-state index contributed by atoms with van der Waals surface area (Å²) in [5, 5.41) is 10.3. The van der Waals surface area contributed by atoms with Gasteiger partial charge in [0.1, 0.15) is 5.75 Å². The number of hydrogen-bond donors (Lipinski definition) is 1. The van der Waals surface area contributed by atoms with Crippen LogP contribution in [-0.2, 0) is 23.8 Å². The summed E-state index contributed by atoms with van der Waals surface area (Å²) < 4.78 is 38.4. The molecule has 2 aliphatic rings. The number of hydrogen-bond acceptors (Lipinski definition) is 3. The summed E-state index contributed by atoms with van der Waals surface area (Å²) in [6.45, 7) is 3.18. The molecule has 1 atom stereocenters. The number of aromatic hydroxyl groups is 1. The second-order valence-electron chi connectivity index (χ2n) is 8.08. The zero-order chi connectivity index (χ0) is 21.3. The second-order valence-corrected chi connectivity index (χ2v) is 8.08. The van der Waals surface area contributed by atoms with E-state index in [2.05, 4.69) is 4.90 Å². The average Bonchev–Trinajstić information content (AvgIpc) is 3.21. The van der Waals surface area contributed by atoms with Crippen LogP contribution in [0, 0.1) is 0 Å². The van der Waals surface area contributed by atoms with Crippen LogP contribution in [0.2, 0.25) is 0 Å². The highest BCUT2D eigenvalue weighted by Crippen LogP contribution is 2.36. The summed E-state index contributed by atoms with van der Waals surface area (Å²) >= 11 is 0. The molecule has 30 heavy (non-hydrogen) atoms. The predicted octanol–water partition coefficient (Wildman–Crippen LogP) is 4.18. The van der Waals surface area contributed by atoms with Crippen LogP contribution in [0.4, 0.5) is 13.2 Å². The van der Waals surface area contributed by atoms with Gasteiger partial charge in [0.05, 0.1) is 18.0 Å². The molecule has 4 rings (SSSR count). The number of carbonyl (C=O) groups is 1. The SMILES string of the molecule is O=C(Cc1ccc(C(F)(F)F)cc1)N1CCc2c(O)cccc2C1CN1CCCC1. The number of amides is 1. The first-order valence-electron chi connectivity index (χ1n) is 10.3. The molecule has 2 heterocycles. The van der Waals surface area contributed by atoms with Crippen molar-refractivity contribution in [2.45, 2.75) is 37.9 Å². The largest absolute Gasteiger partial charge is 0.508 e. The molecule has 160 valence electrons. The van der Waals surface area contributed by atoms with Crippen molar-refractivity contribution in [2.24, 2.45) is 0 Å². The number of rotatable bonds is 4. The quantitative estimate of drug-likeness (QED) is 0.810. The molecular formula is C23H25F3N2O2. The number of alkyl halides is 3. The van der Waals surface area contributed by atoms with E-state index in [1.165, 1.54) is 12.1 Å². The van der Waals surface area contributed by atoms with Gasteiger partial charge in [-0.05, 0) is 61.7 Å². The predicted molar refractivity (Wildman–Crippen MR) is 107 cm³/mol. The first-order chi connectivity index (χ1) is 14.3. The molecular weight excluding hydrogens is 393 g/mol. The van der Waals surface area contributed by atoms with Crippen molar-refractivity contribution >= 4 is 5.91 Å². The zero-order valence-electron chi connectivity index (χ0n) is 16.7. The standard InChI is InChI=1S/C23H25F3N2O2/c24-23(25,26)17-8-6-16(7-9-17)14-22(30)28-13-10-19-18(4-3-5-21(19)29)20(28)15-27-11-1-2-12-27/h3-9,20,29H,1-2,10-15H2. The Morgan fingerprint density at radius 3 is 2.40 bits per heavy atom. The van der Waals surface area contributed by atoms with Crippen LogP contribution in [0.5, 0.6) is 5.75 Å². The van der Waals surface area contributed by atoms with Crippen LogP contribution in [0.3, 0.4) is 0 Å². The molecule has 2 aromatic rings. The number of phenols is 1. The van der Waals surface area contributed by atoms with Crippen LogP contribution in [0.25, 0.3) is 0 Å². The van der Waals surface area contributed by atoms with E-state index < -0.39 is 11.7 Å². The highest BCUT2D eigenvalue weighted by atomic mass is 19.4. The van der Waals surface area contributed by atoms with Gasteiger partial charge in [-0.3, -0.25) is 4.79 Å². The molecule has 0 aliphatic carbocycles. The molecule has 0 saturated carbocycles. The summed E-state index contributed by atoms with van der Waals surface area (Å²) in [6.07, 6.45) is -1.49. The Balaban J connectivity index is 1.55. The fraction of sp³-hybridized carbons (Fsp3) is 0.435. The molecule has 1 saturated heterocycles. The van der Waals surface area contributed by atoms with Crippen molar-refractivity contribution in [3.05, 3.63) is 64.7 Å². The van der Waals surface area contributed by atoms with E-state index in [4.69, 9.17) is 0 Å². The minimum atomic E-state index is -4.39. The van der Waals surface area contributed by atoms with Gasteiger partial charge < -0.3 is 14.9 Å². The topological polar surface area (TPSA) is 43.8 Å². The van der Waals surface area contributed by atoms with Gasteiger partial charge in [0.2, 0.25) is 5.91 Å². The minimum absolute atomic E-state index is 0.0583. The Hall–Kier alpha value is -2.54. The monoisotopic (exact) mass is 418 g/mol. The summed E-state index contributed by atoms with van der Waals surface area (Å²) in [6, 6.07) is 10.1. The molecule has 1 fully saturated rings. The minimum Gasteiger partial charge on any atom is -0.508 e. The first kappa shape index (κ1) is 20.7. The van der Waals surface area contributed by atoms with E-state index >= 15 is 0 Å². The maximum absolute atomic E-state index is 13.2. The fourth-order valence-corrected chi connectivity index (χ4v) is 4.53. The summed E-state index contributed by atoms with van der Waals surface area (Å²) in [7, 11) is 0. The maximum atomic E-state index is 13.2. The molecule has 2 aliphatic heterocycles. The molecule has 0 spiro atoms. The number of phenolic OH excluding ortho intramolecular Hbond substituents is 1. The van der Waals surface area contributed by atoms with Gasteiger partial charge in [-0.25, -0.2) is 0 Å². The Morgan fingerprint density at radius 1 is 1.03 bits per heavy atom. The first-order valence-corrected chi connectivity index (χ1v) is 10.3. The van der Waals surface area contributed by atoms with Crippen molar-refractivity contribution in [1.82, 2.24) is 9.80 Å². The van der Waals surface area contributed by atoms with Crippen molar-refractivity contribution in [1.29, 1.82) is 0 Å². The molecule has 0 aromatic heterocycles. The Morgan fingerprint density at radius 2 is 1.73 bits per heavy atom. The summed E-state index contributed by atoms with van der Waals surface area (Å²) in [5.74, 6) is 0.154. The van der Waals surface area contributed by atoms with Crippen LogP contribution < -0.4 is 0 Å². The maximum Gasteiger partial charge on any atom is 0.416 e. The Kier molecular flexibility index (Phi) is 5.73. The number of nitrogens with zero attached hydrogens (tertiary/aromatic N) is 2. The third kappa shape index (κ3) is 4.31. The zero-order valence-corrected chi connectivity index (χ0v) is 16.7. The smallest absolute Gasteiger partial charge is 0.416 e. The van der Waals surface area contributed by atoms with Crippen LogP contribution in [-0.4, -0.2) is 47.0 Å². The lowest BCUT2D eigenvalue weighted by Gasteiger charge is -2.39. The van der Waals surface area contributed by atoms with Crippen molar-refractivity contribution in [2.75, 3.05) is 26.2 Å². The van der Waals surface area contributed by atoms with E-state index in [9.17, 15) is 23.1 Å². The summed E-state index contributed by atoms with van der Waals surface area (Å²) in [5.41, 5.74) is 1.71. The molecule has 1 amide bonds. The van der Waals surface area contributed by atoms with E-state index in [0.29, 0.717) is 25.1 Å². The Labute approximate surface area is 173 Å². The summed E-state index contributed by atoms with van der Waals surface area (Å²) in [4.78, 5) is 17.3. The van der Waals surface area contributed by atoms with Gasteiger partial charge >= 0.3 is 6.18 Å². The molecule has 0 radical (unpaired) electrons. The van der Waals surface area contributed by atoms with E-state index in [1.807, 2.05) is 11.0 Å². The van der Waals surface area contributed by atoms with Gasteiger partial charge in [-0.2, -0.15) is 13.2 Å². The normalized spacial score (nSPS) is 19.7. The highest BCUT2D eigenvalue weighted by Gasteiger charge is 2.34. The second kappa shape index (κ2) is 8.30. The van der Waals surface area contributed by atoms with Crippen LogP contribution >= 0.6 is 0 Å². The van der Waals surface area contributed by atoms with Crippen molar-refractivity contribution in [3.8, 4) is 5.75 Å². The fourth-order valence-electron chi connectivity index (χ4n) is 4.53. The van der Waals surface area contributed by atoms with Crippen LogP contribution in [0.15, 0.2) is 42.5 Å². The number of halogens is 3. The van der Waals surface area contributed by atoms with Gasteiger partial charge in [0.15, 0.2) is 0 Å². The van der Waals surface area contributed by atoms with Crippen molar-refractivity contribution < 1.29 is 23.1 Å². The average molecular weight is 418 g/mol. The van der Waals surface area contributed by atoms with Gasteiger partial charge in [-0.1, -0.05) is 24.3 Å². The Bertz CT molecular complexity index is 906. The van der Waals surface area contributed by atoms with Crippen molar-refractivity contribution in [3.63, 3.8) is 0 Å². The highest BCUT2D eigenvalue weighted by molar-refractivity contribution is 5.80. The number of likely N-dealkylation sites (tertiary alicyclic amines) is 1. The third-order valence-corrected chi connectivity index (χ3v) is 6.11. The molecule has 7 heteroatoms. The van der Waals surface area contributed by atoms with Gasteiger partial charge in [0.25, 0.3) is 0 Å². The number of benzene rings is 2. The van der Waals surface area contributed by atoms with E-state index in [0.717, 1.165) is 49.2 Å². The molecule has 4 nitrogen and oxygen atoms in total. The van der Waals surface area contributed by atoms with Crippen LogP contribution in [0.1, 0.15) is 41.1 Å². The van der Waals surface area contributed by atoms with E-state index in [1.54, 1.807) is 12.1 Å². The molecule has 2 aromatic carbocycles. The van der Waals surface area contributed by atoms with Gasteiger partial charge in [-0.15, -0.1) is 0 Å². The van der Waals surface area contributed by atoms with Gasteiger partial charge in [0, 0.05) is 18.7 Å². The molecule has 1 N–H and O–H groups in total. The van der Waals surface area contributed by atoms with E-state index in [-0.39, 0.29) is 24.1 Å². The molecule has 0 bridgehead atoms. The third-order valence-electron chi connectivity index (χ3n) is 6.11. The number of carbonyl (C=O) groups excluding carboxylic acids is 1. The lowest BCUT2D eigenvalue weighted by atomic mass is 9.90.